The van der Waals surface area contributed by atoms with E-state index in [0.29, 0.717) is 25.0 Å². The van der Waals surface area contributed by atoms with Gasteiger partial charge in [-0.25, -0.2) is 0 Å². The minimum atomic E-state index is -0.611. The molecule has 0 amide bonds. The molecular formula is C23H40N4O3. The second-order valence-electron chi connectivity index (χ2n) is 8.10. The number of nitrogens with one attached hydrogen (secondary N) is 2. The van der Waals surface area contributed by atoms with E-state index in [2.05, 4.69) is 29.4 Å². The predicted octanol–water partition coefficient (Wildman–Crippen LogP) is 2.04. The van der Waals surface area contributed by atoms with Crippen molar-refractivity contribution >= 4 is 5.96 Å². The third-order valence-electron chi connectivity index (χ3n) is 5.38. The van der Waals surface area contributed by atoms with Crippen LogP contribution in [0.15, 0.2) is 35.3 Å². The molecule has 0 bridgehead atoms. The Labute approximate surface area is 181 Å². The molecule has 0 aliphatic carbocycles. The lowest BCUT2D eigenvalue weighted by Gasteiger charge is -2.36. The monoisotopic (exact) mass is 420 g/mol. The zero-order chi connectivity index (χ0) is 21.8. The second kappa shape index (κ2) is 13.6. The fourth-order valence-electron chi connectivity index (χ4n) is 3.53. The minimum Gasteiger partial charge on any atom is -0.389 e. The minimum absolute atomic E-state index is 0.0527. The van der Waals surface area contributed by atoms with Gasteiger partial charge in [-0.2, -0.15) is 0 Å². The van der Waals surface area contributed by atoms with Gasteiger partial charge in [0.15, 0.2) is 5.96 Å². The summed E-state index contributed by atoms with van der Waals surface area (Å²) in [4.78, 5) is 7.25. The van der Waals surface area contributed by atoms with Gasteiger partial charge >= 0.3 is 0 Å². The Morgan fingerprint density at radius 3 is 2.50 bits per heavy atom. The fourth-order valence-corrected chi connectivity index (χ4v) is 3.53. The number of benzene rings is 1. The van der Waals surface area contributed by atoms with Crippen LogP contribution < -0.4 is 10.6 Å². The van der Waals surface area contributed by atoms with Crippen LogP contribution in [0.5, 0.6) is 0 Å². The topological polar surface area (TPSA) is 78.4 Å². The lowest BCUT2D eigenvalue weighted by Crippen LogP contribution is -2.48. The van der Waals surface area contributed by atoms with Crippen molar-refractivity contribution < 1.29 is 14.6 Å². The Morgan fingerprint density at radius 1 is 1.17 bits per heavy atom. The van der Waals surface area contributed by atoms with Crippen LogP contribution in [0.4, 0.5) is 0 Å². The first-order valence-electron chi connectivity index (χ1n) is 11.2. The maximum atomic E-state index is 10.3. The lowest BCUT2D eigenvalue weighted by molar-refractivity contribution is -0.000637. The highest BCUT2D eigenvalue weighted by molar-refractivity contribution is 5.79. The largest absolute Gasteiger partial charge is 0.389 e. The van der Waals surface area contributed by atoms with Gasteiger partial charge in [0.25, 0.3) is 0 Å². The average molecular weight is 421 g/mol. The SMILES string of the molecule is CCNC(=NCC(C(C)C)N1CCOCC1)NCC(O)COC(C)c1ccccc1. The van der Waals surface area contributed by atoms with Crippen LogP contribution in [0.2, 0.25) is 0 Å². The summed E-state index contributed by atoms with van der Waals surface area (Å²) >= 11 is 0. The van der Waals surface area contributed by atoms with Crippen LogP contribution in [0.1, 0.15) is 39.4 Å². The number of hydrogen-bond donors (Lipinski definition) is 3. The summed E-state index contributed by atoms with van der Waals surface area (Å²) in [5.74, 6) is 1.24. The van der Waals surface area contributed by atoms with Crippen LogP contribution >= 0.6 is 0 Å². The quantitative estimate of drug-likeness (QED) is 0.376. The molecule has 1 aliphatic heterocycles. The molecule has 0 saturated carbocycles. The summed E-state index contributed by atoms with van der Waals surface area (Å²) in [5.41, 5.74) is 1.11. The van der Waals surface area contributed by atoms with Gasteiger partial charge in [0, 0.05) is 32.2 Å². The predicted molar refractivity (Wildman–Crippen MR) is 122 cm³/mol. The zero-order valence-electron chi connectivity index (χ0n) is 19.0. The highest BCUT2D eigenvalue weighted by Crippen LogP contribution is 2.16. The molecule has 3 N–H and O–H groups in total. The smallest absolute Gasteiger partial charge is 0.191 e. The van der Waals surface area contributed by atoms with E-state index in [9.17, 15) is 5.11 Å². The number of guanidine groups is 1. The Bertz CT molecular complexity index is 606. The number of rotatable bonds is 11. The van der Waals surface area contributed by atoms with Crippen molar-refractivity contribution in [3.63, 3.8) is 0 Å². The number of aliphatic hydroxyl groups is 1. The molecule has 1 heterocycles. The zero-order valence-corrected chi connectivity index (χ0v) is 19.0. The normalized spacial score (nSPS) is 18.8. The molecule has 0 radical (unpaired) electrons. The molecule has 30 heavy (non-hydrogen) atoms. The summed E-state index contributed by atoms with van der Waals surface area (Å²) in [5, 5.41) is 16.9. The molecule has 0 spiro atoms. The van der Waals surface area contributed by atoms with Crippen molar-refractivity contribution in [1.29, 1.82) is 0 Å². The van der Waals surface area contributed by atoms with Crippen molar-refractivity contribution in [3.8, 4) is 0 Å². The van der Waals surface area contributed by atoms with Crippen LogP contribution in [-0.4, -0.2) is 80.7 Å². The Kier molecular flexibility index (Phi) is 11.1. The van der Waals surface area contributed by atoms with Crippen LogP contribution in [0.3, 0.4) is 0 Å². The fraction of sp³-hybridized carbons (Fsp3) is 0.696. The Balaban J connectivity index is 1.81. The van der Waals surface area contributed by atoms with Gasteiger partial charge in [-0.05, 0) is 25.3 Å². The van der Waals surface area contributed by atoms with E-state index in [1.54, 1.807) is 0 Å². The number of nitrogens with zero attached hydrogens (tertiary/aromatic N) is 2. The van der Waals surface area contributed by atoms with E-state index in [1.807, 2.05) is 44.2 Å². The highest BCUT2D eigenvalue weighted by atomic mass is 16.5. The van der Waals surface area contributed by atoms with Crippen molar-refractivity contribution in [2.45, 2.75) is 45.9 Å². The summed E-state index contributed by atoms with van der Waals surface area (Å²) in [6, 6.07) is 10.4. The standard InChI is InChI=1S/C23H40N4O3/c1-5-24-23(26-16-22(18(2)3)27-11-13-29-14-12-27)25-15-21(28)17-30-19(4)20-9-7-6-8-10-20/h6-10,18-19,21-22,28H,5,11-17H2,1-4H3,(H2,24,25,26). The van der Waals surface area contributed by atoms with Crippen molar-refractivity contribution in [2.24, 2.45) is 10.9 Å². The summed E-state index contributed by atoms with van der Waals surface area (Å²) in [6.07, 6.45) is -0.664. The van der Waals surface area contributed by atoms with Gasteiger partial charge in [0.1, 0.15) is 0 Å². The maximum absolute atomic E-state index is 10.3. The van der Waals surface area contributed by atoms with Crippen LogP contribution in [0, 0.1) is 5.92 Å². The van der Waals surface area contributed by atoms with Crippen molar-refractivity contribution in [2.75, 3.05) is 52.5 Å². The first-order valence-corrected chi connectivity index (χ1v) is 11.2. The van der Waals surface area contributed by atoms with Crippen molar-refractivity contribution in [1.82, 2.24) is 15.5 Å². The number of hydrogen-bond acceptors (Lipinski definition) is 5. The van der Waals surface area contributed by atoms with E-state index in [4.69, 9.17) is 14.5 Å². The molecule has 1 fully saturated rings. The molecule has 1 aromatic rings. The summed E-state index contributed by atoms with van der Waals surface area (Å²) in [7, 11) is 0. The first kappa shape index (κ1) is 24.6. The first-order chi connectivity index (χ1) is 14.5. The van der Waals surface area contributed by atoms with E-state index in [1.165, 1.54) is 0 Å². The molecule has 2 rings (SSSR count). The Hall–Kier alpha value is -1.67. The van der Waals surface area contributed by atoms with E-state index in [0.717, 1.165) is 44.4 Å². The van der Waals surface area contributed by atoms with Gasteiger partial charge < -0.3 is 25.2 Å². The van der Waals surface area contributed by atoms with Crippen molar-refractivity contribution in [3.05, 3.63) is 35.9 Å². The van der Waals surface area contributed by atoms with E-state index in [-0.39, 0.29) is 12.7 Å². The maximum Gasteiger partial charge on any atom is 0.191 e. The van der Waals surface area contributed by atoms with Gasteiger partial charge in [-0.3, -0.25) is 9.89 Å². The van der Waals surface area contributed by atoms with Gasteiger partial charge in [-0.15, -0.1) is 0 Å². The van der Waals surface area contributed by atoms with Gasteiger partial charge in [-0.1, -0.05) is 44.2 Å². The second-order valence-corrected chi connectivity index (χ2v) is 8.10. The number of aliphatic imine (C=N–C) groups is 1. The molecule has 170 valence electrons. The molecule has 1 aromatic carbocycles. The Morgan fingerprint density at radius 2 is 1.87 bits per heavy atom. The third-order valence-corrected chi connectivity index (χ3v) is 5.38. The van der Waals surface area contributed by atoms with E-state index < -0.39 is 6.10 Å². The number of aliphatic hydroxyl groups excluding tert-OH is 1. The van der Waals surface area contributed by atoms with Crippen LogP contribution in [-0.2, 0) is 9.47 Å². The molecule has 1 aliphatic rings. The van der Waals surface area contributed by atoms with Crippen LogP contribution in [0.25, 0.3) is 0 Å². The number of ether oxygens (including phenoxy) is 2. The third kappa shape index (κ3) is 8.60. The lowest BCUT2D eigenvalue weighted by atomic mass is 10.0. The summed E-state index contributed by atoms with van der Waals surface area (Å²) in [6.45, 7) is 14.2. The average Bonchev–Trinajstić information content (AvgIpc) is 2.77. The van der Waals surface area contributed by atoms with Gasteiger partial charge in [0.2, 0.25) is 0 Å². The molecule has 7 heteroatoms. The number of morpholine rings is 1. The van der Waals surface area contributed by atoms with E-state index >= 15 is 0 Å². The molecule has 1 saturated heterocycles. The van der Waals surface area contributed by atoms with Gasteiger partial charge in [0.05, 0.1) is 38.6 Å². The molecule has 3 unspecified atom stereocenters. The molecular weight excluding hydrogens is 380 g/mol. The molecule has 3 atom stereocenters. The molecule has 0 aromatic heterocycles. The molecule has 7 nitrogen and oxygen atoms in total. The highest BCUT2D eigenvalue weighted by Gasteiger charge is 2.23. The summed E-state index contributed by atoms with van der Waals surface area (Å²) < 4.78 is 11.3.